The third-order valence-corrected chi connectivity index (χ3v) is 2.39. The molecule has 0 saturated heterocycles. The van der Waals surface area contributed by atoms with E-state index in [1.807, 2.05) is 11.8 Å². The second kappa shape index (κ2) is 5.70. The lowest BCUT2D eigenvalue weighted by molar-refractivity contribution is 0.100. The van der Waals surface area contributed by atoms with E-state index in [1.165, 1.54) is 6.20 Å². The Balaban J connectivity index is 3.01. The van der Waals surface area contributed by atoms with Crippen molar-refractivity contribution in [2.24, 2.45) is 5.73 Å². The van der Waals surface area contributed by atoms with Crippen LogP contribution in [0.15, 0.2) is 12.3 Å². The molecule has 0 atom stereocenters. The molecule has 17 heavy (non-hydrogen) atoms. The highest BCUT2D eigenvalue weighted by molar-refractivity contribution is 5.98. The fourth-order valence-corrected chi connectivity index (χ4v) is 1.46. The number of amides is 1. The van der Waals surface area contributed by atoms with Crippen LogP contribution in [0.5, 0.6) is 0 Å². The van der Waals surface area contributed by atoms with Crippen LogP contribution in [0.2, 0.25) is 0 Å². The van der Waals surface area contributed by atoms with Crippen LogP contribution in [-0.2, 0) is 0 Å². The molecule has 90 valence electrons. The lowest BCUT2D eigenvalue weighted by atomic mass is 10.2. The van der Waals surface area contributed by atoms with Crippen LogP contribution in [0, 0.1) is 11.3 Å². The van der Waals surface area contributed by atoms with Gasteiger partial charge < -0.3 is 16.4 Å². The van der Waals surface area contributed by atoms with E-state index in [0.29, 0.717) is 25.3 Å². The number of hydrogen-bond acceptors (Lipinski definition) is 5. The Labute approximate surface area is 99.8 Å². The van der Waals surface area contributed by atoms with Gasteiger partial charge in [-0.1, -0.05) is 0 Å². The molecule has 0 aromatic carbocycles. The van der Waals surface area contributed by atoms with Crippen LogP contribution < -0.4 is 16.4 Å². The van der Waals surface area contributed by atoms with Gasteiger partial charge in [-0.05, 0) is 13.0 Å². The Kier molecular flexibility index (Phi) is 4.29. The van der Waals surface area contributed by atoms with Crippen molar-refractivity contribution in [3.05, 3.63) is 17.8 Å². The molecule has 1 rings (SSSR count). The molecule has 1 aromatic rings. The molecular formula is C11H15N5O. The summed E-state index contributed by atoms with van der Waals surface area (Å²) in [5.74, 6) is 0.0215. The topological polar surface area (TPSA) is 109 Å². The Bertz CT molecular complexity index is 452. The summed E-state index contributed by atoms with van der Waals surface area (Å²) in [6.45, 7) is 3.19. The monoisotopic (exact) mass is 233 g/mol. The summed E-state index contributed by atoms with van der Waals surface area (Å²) < 4.78 is 0. The predicted molar refractivity (Wildman–Crippen MR) is 65.3 cm³/mol. The first-order valence-electron chi connectivity index (χ1n) is 5.27. The maximum absolute atomic E-state index is 11.1. The van der Waals surface area contributed by atoms with Crippen LogP contribution in [0.25, 0.3) is 0 Å². The number of carbonyl (C=O) groups excluding carboxylic acids is 1. The average Bonchev–Trinajstić information content (AvgIpc) is 2.31. The van der Waals surface area contributed by atoms with Gasteiger partial charge in [0.15, 0.2) is 0 Å². The highest BCUT2D eigenvalue weighted by Crippen LogP contribution is 2.17. The number of hydrogen-bond donors (Lipinski definition) is 2. The maximum Gasteiger partial charge on any atom is 0.250 e. The van der Waals surface area contributed by atoms with E-state index >= 15 is 0 Å². The lowest BCUT2D eigenvalue weighted by Gasteiger charge is -2.21. The van der Waals surface area contributed by atoms with Crippen molar-refractivity contribution < 1.29 is 4.79 Å². The molecule has 0 fully saturated rings. The van der Waals surface area contributed by atoms with Crippen LogP contribution in [0.1, 0.15) is 23.7 Å². The summed E-state index contributed by atoms with van der Waals surface area (Å²) in [7, 11) is 0. The van der Waals surface area contributed by atoms with Crippen molar-refractivity contribution in [1.29, 1.82) is 5.26 Å². The molecule has 0 aliphatic rings. The number of nitrogen functional groups attached to an aromatic ring is 1. The Hall–Kier alpha value is -2.29. The zero-order valence-electron chi connectivity index (χ0n) is 9.68. The Morgan fingerprint density at radius 3 is 2.88 bits per heavy atom. The van der Waals surface area contributed by atoms with Crippen molar-refractivity contribution in [2.45, 2.75) is 13.3 Å². The van der Waals surface area contributed by atoms with Gasteiger partial charge in [-0.3, -0.25) is 4.79 Å². The lowest BCUT2D eigenvalue weighted by Crippen LogP contribution is -2.25. The van der Waals surface area contributed by atoms with Gasteiger partial charge in [0, 0.05) is 13.1 Å². The first kappa shape index (κ1) is 12.8. The minimum absolute atomic E-state index is 0.255. The van der Waals surface area contributed by atoms with E-state index < -0.39 is 5.91 Å². The smallest absolute Gasteiger partial charge is 0.250 e. The van der Waals surface area contributed by atoms with E-state index in [1.54, 1.807) is 6.07 Å². The third-order valence-electron chi connectivity index (χ3n) is 2.39. The second-order valence-electron chi connectivity index (χ2n) is 3.48. The number of aromatic nitrogens is 1. The summed E-state index contributed by atoms with van der Waals surface area (Å²) in [5, 5.41) is 8.55. The number of nitrogens with two attached hydrogens (primary N) is 2. The largest absolute Gasteiger partial charge is 0.397 e. The molecule has 0 bridgehead atoms. The van der Waals surface area contributed by atoms with Crippen LogP contribution >= 0.6 is 0 Å². The Morgan fingerprint density at radius 1 is 1.65 bits per heavy atom. The number of nitrogens with zero attached hydrogens (tertiary/aromatic N) is 3. The standard InChI is InChI=1S/C11H15N5O/c1-2-16(5-3-4-12)10-6-8(11(14)17)9(13)7-15-10/h6-7H,2-3,5,13H2,1H3,(H2,14,17). The number of rotatable bonds is 5. The molecule has 0 radical (unpaired) electrons. The van der Waals surface area contributed by atoms with E-state index in [0.717, 1.165) is 0 Å². The fourth-order valence-electron chi connectivity index (χ4n) is 1.46. The van der Waals surface area contributed by atoms with Crippen LogP contribution in [0.3, 0.4) is 0 Å². The first-order valence-corrected chi connectivity index (χ1v) is 5.27. The molecule has 1 aromatic heterocycles. The molecule has 0 spiro atoms. The number of nitriles is 1. The SMILES string of the molecule is CCN(CCC#N)c1cc(C(N)=O)c(N)cn1. The van der Waals surface area contributed by atoms with Crippen LogP contribution in [0.4, 0.5) is 11.5 Å². The predicted octanol–water partition coefficient (Wildman–Crippen LogP) is 0.503. The molecule has 0 aliphatic carbocycles. The van der Waals surface area contributed by atoms with Gasteiger partial charge >= 0.3 is 0 Å². The van der Waals surface area contributed by atoms with Crippen molar-refractivity contribution in [3.63, 3.8) is 0 Å². The number of anilines is 2. The highest BCUT2D eigenvalue weighted by Gasteiger charge is 2.11. The minimum Gasteiger partial charge on any atom is -0.397 e. The normalized spacial score (nSPS) is 9.65. The summed E-state index contributed by atoms with van der Waals surface area (Å²) in [4.78, 5) is 17.2. The van der Waals surface area contributed by atoms with Gasteiger partial charge in [-0.25, -0.2) is 4.98 Å². The molecular weight excluding hydrogens is 218 g/mol. The molecule has 0 aliphatic heterocycles. The molecule has 6 heteroatoms. The summed E-state index contributed by atoms with van der Waals surface area (Å²) in [5.41, 5.74) is 11.3. The summed E-state index contributed by atoms with van der Waals surface area (Å²) in [6, 6.07) is 3.62. The van der Waals surface area contributed by atoms with Gasteiger partial charge in [-0.15, -0.1) is 0 Å². The molecule has 1 heterocycles. The second-order valence-corrected chi connectivity index (χ2v) is 3.48. The van der Waals surface area contributed by atoms with Crippen molar-refractivity contribution in [1.82, 2.24) is 4.98 Å². The average molecular weight is 233 g/mol. The zero-order valence-corrected chi connectivity index (χ0v) is 9.68. The van der Waals surface area contributed by atoms with E-state index in [4.69, 9.17) is 16.7 Å². The zero-order chi connectivity index (χ0) is 12.8. The summed E-state index contributed by atoms with van der Waals surface area (Å²) >= 11 is 0. The first-order chi connectivity index (χ1) is 8.10. The maximum atomic E-state index is 11.1. The quantitative estimate of drug-likeness (QED) is 0.769. The number of carbonyl (C=O) groups is 1. The number of pyridine rings is 1. The van der Waals surface area contributed by atoms with E-state index in [2.05, 4.69) is 11.1 Å². The minimum atomic E-state index is -0.581. The van der Waals surface area contributed by atoms with Gasteiger partial charge in [0.1, 0.15) is 5.82 Å². The van der Waals surface area contributed by atoms with Gasteiger partial charge in [0.05, 0.1) is 29.9 Å². The van der Waals surface area contributed by atoms with Gasteiger partial charge in [-0.2, -0.15) is 5.26 Å². The molecule has 1 amide bonds. The van der Waals surface area contributed by atoms with Gasteiger partial charge in [0.2, 0.25) is 0 Å². The summed E-state index contributed by atoms with van der Waals surface area (Å²) in [6.07, 6.45) is 1.80. The fraction of sp³-hybridized carbons (Fsp3) is 0.364. The van der Waals surface area contributed by atoms with Crippen molar-refractivity contribution in [3.8, 4) is 6.07 Å². The number of primary amides is 1. The van der Waals surface area contributed by atoms with Gasteiger partial charge in [0.25, 0.3) is 5.91 Å². The van der Waals surface area contributed by atoms with Crippen LogP contribution in [-0.4, -0.2) is 24.0 Å². The third kappa shape index (κ3) is 3.08. The molecule has 6 nitrogen and oxygen atoms in total. The van der Waals surface area contributed by atoms with E-state index in [-0.39, 0.29) is 11.3 Å². The van der Waals surface area contributed by atoms with E-state index in [9.17, 15) is 4.79 Å². The highest BCUT2D eigenvalue weighted by atomic mass is 16.1. The molecule has 0 unspecified atom stereocenters. The molecule has 0 saturated carbocycles. The Morgan fingerprint density at radius 2 is 2.35 bits per heavy atom. The van der Waals surface area contributed by atoms with Crippen molar-refractivity contribution in [2.75, 3.05) is 23.7 Å². The molecule has 4 N–H and O–H groups in total. The van der Waals surface area contributed by atoms with Crippen molar-refractivity contribution >= 4 is 17.4 Å².